The molecule has 0 spiro atoms. The maximum absolute atomic E-state index is 12.2. The van der Waals surface area contributed by atoms with Gasteiger partial charge < -0.3 is 5.32 Å². The number of fused-ring (bicyclic) bond motifs is 1. The van der Waals surface area contributed by atoms with Gasteiger partial charge in [0.05, 0.1) is 0 Å². The molecule has 0 radical (unpaired) electrons. The number of benzene rings is 1. The Balaban J connectivity index is 2.25. The van der Waals surface area contributed by atoms with Crippen LogP contribution in [0, 0.1) is 0 Å². The molecule has 102 valence electrons. The first-order chi connectivity index (χ1) is 9.19. The topological polar surface area (TPSA) is 49.4 Å². The highest BCUT2D eigenvalue weighted by atomic mass is 16.2. The van der Waals surface area contributed by atoms with Crippen molar-refractivity contribution in [1.29, 1.82) is 0 Å². The molecule has 0 saturated heterocycles. The summed E-state index contributed by atoms with van der Waals surface area (Å²) in [6.45, 7) is 4.49. The summed E-state index contributed by atoms with van der Waals surface area (Å²) in [5.74, 6) is -0.0542. The van der Waals surface area contributed by atoms with Crippen molar-refractivity contribution in [2.45, 2.75) is 39.2 Å². The predicted molar refractivity (Wildman–Crippen MR) is 75.0 cm³/mol. The molecule has 2 amide bonds. The summed E-state index contributed by atoms with van der Waals surface area (Å²) in [5, 5.41) is 2.89. The van der Waals surface area contributed by atoms with Crippen molar-refractivity contribution in [1.82, 2.24) is 5.32 Å². The molecule has 0 saturated carbocycles. The van der Waals surface area contributed by atoms with Crippen molar-refractivity contribution in [3.8, 4) is 0 Å². The Kier molecular flexibility index (Phi) is 4.20. The maximum atomic E-state index is 12.2. The van der Waals surface area contributed by atoms with Gasteiger partial charge in [0, 0.05) is 25.1 Å². The molecule has 4 heteroatoms. The molecule has 0 aromatic heterocycles. The van der Waals surface area contributed by atoms with Gasteiger partial charge in [-0.2, -0.15) is 0 Å². The van der Waals surface area contributed by atoms with Crippen molar-refractivity contribution >= 4 is 17.5 Å². The van der Waals surface area contributed by atoms with E-state index in [0.717, 1.165) is 17.7 Å². The first-order valence-corrected chi connectivity index (χ1v) is 6.86. The van der Waals surface area contributed by atoms with E-state index in [1.165, 1.54) is 0 Å². The average Bonchev–Trinajstić information content (AvgIpc) is 2.83. The van der Waals surface area contributed by atoms with Gasteiger partial charge >= 0.3 is 0 Å². The maximum Gasteiger partial charge on any atom is 0.243 e. The van der Waals surface area contributed by atoms with Gasteiger partial charge in [0.15, 0.2) is 0 Å². The Morgan fingerprint density at radius 1 is 1.32 bits per heavy atom. The number of carbonyl (C=O) groups is 2. The van der Waals surface area contributed by atoms with Crippen LogP contribution in [0.15, 0.2) is 24.3 Å². The summed E-state index contributed by atoms with van der Waals surface area (Å²) in [5.41, 5.74) is 1.95. The van der Waals surface area contributed by atoms with Crippen LogP contribution in [0.1, 0.15) is 32.3 Å². The first-order valence-electron chi connectivity index (χ1n) is 6.86. The molecular formula is C15H20N2O2. The molecule has 1 atom stereocenters. The highest BCUT2D eigenvalue weighted by molar-refractivity contribution is 6.03. The number of carbonyl (C=O) groups excluding carboxylic acids is 2. The fourth-order valence-electron chi connectivity index (χ4n) is 2.44. The summed E-state index contributed by atoms with van der Waals surface area (Å²) in [7, 11) is 0. The second-order valence-corrected chi connectivity index (χ2v) is 4.76. The number of hydrogen-bond donors (Lipinski definition) is 1. The van der Waals surface area contributed by atoms with Crippen LogP contribution in [-0.2, 0) is 16.0 Å². The Labute approximate surface area is 113 Å². The Morgan fingerprint density at radius 3 is 2.74 bits per heavy atom. The zero-order valence-electron chi connectivity index (χ0n) is 11.5. The average molecular weight is 260 g/mol. The molecular weight excluding hydrogens is 240 g/mol. The second-order valence-electron chi connectivity index (χ2n) is 4.76. The Morgan fingerprint density at radius 2 is 2.05 bits per heavy atom. The Hall–Kier alpha value is -1.84. The molecule has 1 aromatic rings. The lowest BCUT2D eigenvalue weighted by molar-refractivity contribution is -0.126. The number of nitrogens with zero attached hydrogens (tertiary/aromatic N) is 1. The molecule has 0 fully saturated rings. The summed E-state index contributed by atoms with van der Waals surface area (Å²) in [6, 6.07) is 7.35. The molecule has 1 N–H and O–H groups in total. The van der Waals surface area contributed by atoms with Crippen molar-refractivity contribution < 1.29 is 9.59 Å². The minimum absolute atomic E-state index is 0.00148. The smallest absolute Gasteiger partial charge is 0.243 e. The fourth-order valence-corrected chi connectivity index (χ4v) is 2.44. The van der Waals surface area contributed by atoms with Crippen LogP contribution < -0.4 is 10.2 Å². The van der Waals surface area contributed by atoms with Crippen LogP contribution in [0.2, 0.25) is 0 Å². The lowest BCUT2D eigenvalue weighted by atomic mass is 10.1. The van der Waals surface area contributed by atoms with Crippen LogP contribution in [0.3, 0.4) is 0 Å². The molecule has 19 heavy (non-hydrogen) atoms. The van der Waals surface area contributed by atoms with Crippen LogP contribution in [0.4, 0.5) is 5.69 Å². The van der Waals surface area contributed by atoms with Gasteiger partial charge in [-0.15, -0.1) is 0 Å². The van der Waals surface area contributed by atoms with Crippen LogP contribution in [0.25, 0.3) is 0 Å². The van der Waals surface area contributed by atoms with E-state index in [1.54, 1.807) is 4.90 Å². The van der Waals surface area contributed by atoms with Crippen molar-refractivity contribution in [3.05, 3.63) is 29.8 Å². The molecule has 2 rings (SSSR count). The third-order valence-corrected chi connectivity index (χ3v) is 3.40. The fraction of sp³-hybridized carbons (Fsp3) is 0.467. The van der Waals surface area contributed by atoms with Gasteiger partial charge in [0.1, 0.15) is 6.04 Å². The van der Waals surface area contributed by atoms with E-state index in [4.69, 9.17) is 0 Å². The van der Waals surface area contributed by atoms with Crippen LogP contribution in [0.5, 0.6) is 0 Å². The van der Waals surface area contributed by atoms with E-state index in [0.29, 0.717) is 19.4 Å². The quantitative estimate of drug-likeness (QED) is 0.898. The minimum Gasteiger partial charge on any atom is -0.354 e. The lowest BCUT2D eigenvalue weighted by Gasteiger charge is -2.24. The summed E-state index contributed by atoms with van der Waals surface area (Å²) < 4.78 is 0. The zero-order valence-corrected chi connectivity index (χ0v) is 11.5. The third-order valence-electron chi connectivity index (χ3n) is 3.40. The highest BCUT2D eigenvalue weighted by Crippen LogP contribution is 2.32. The molecule has 1 aromatic carbocycles. The van der Waals surface area contributed by atoms with Gasteiger partial charge in [0.2, 0.25) is 11.8 Å². The second kappa shape index (κ2) is 5.87. The summed E-state index contributed by atoms with van der Waals surface area (Å²) >= 11 is 0. The van der Waals surface area contributed by atoms with E-state index >= 15 is 0 Å². The molecule has 0 unspecified atom stereocenters. The van der Waals surface area contributed by atoms with Crippen LogP contribution >= 0.6 is 0 Å². The van der Waals surface area contributed by atoms with Gasteiger partial charge in [0.25, 0.3) is 0 Å². The van der Waals surface area contributed by atoms with Gasteiger partial charge in [-0.1, -0.05) is 32.0 Å². The van der Waals surface area contributed by atoms with Gasteiger partial charge in [-0.25, -0.2) is 0 Å². The largest absolute Gasteiger partial charge is 0.354 e. The van der Waals surface area contributed by atoms with E-state index in [9.17, 15) is 9.59 Å². The minimum atomic E-state index is -0.392. The number of para-hydroxylation sites is 1. The molecule has 4 nitrogen and oxygen atoms in total. The van der Waals surface area contributed by atoms with Gasteiger partial charge in [-0.3, -0.25) is 14.5 Å². The number of nitrogens with one attached hydrogen (secondary N) is 1. The number of rotatable bonds is 4. The Bertz CT molecular complexity index is 485. The van der Waals surface area contributed by atoms with E-state index in [1.807, 2.05) is 38.1 Å². The van der Waals surface area contributed by atoms with Crippen LogP contribution in [-0.4, -0.2) is 24.4 Å². The number of amides is 2. The van der Waals surface area contributed by atoms with Gasteiger partial charge in [-0.05, 0) is 18.1 Å². The normalized spacial score (nSPS) is 17.2. The molecule has 1 aliphatic rings. The SMILES string of the molecule is CCCNC(=O)[C@H]1Cc2ccccc2N1C(=O)CC. The van der Waals surface area contributed by atoms with Crippen molar-refractivity contribution in [3.63, 3.8) is 0 Å². The van der Waals surface area contributed by atoms with E-state index in [-0.39, 0.29) is 11.8 Å². The molecule has 0 bridgehead atoms. The first kappa shape index (κ1) is 13.6. The van der Waals surface area contributed by atoms with E-state index in [2.05, 4.69) is 5.32 Å². The van der Waals surface area contributed by atoms with Crippen molar-refractivity contribution in [2.75, 3.05) is 11.4 Å². The summed E-state index contributed by atoms with van der Waals surface area (Å²) in [6.07, 6.45) is 1.91. The third kappa shape index (κ3) is 2.62. The lowest BCUT2D eigenvalue weighted by Crippen LogP contribution is -2.48. The predicted octanol–water partition coefficient (Wildman–Crippen LogP) is 1.88. The summed E-state index contributed by atoms with van der Waals surface area (Å²) in [4.78, 5) is 26.0. The highest BCUT2D eigenvalue weighted by Gasteiger charge is 2.37. The molecule has 1 aliphatic heterocycles. The number of anilines is 1. The monoisotopic (exact) mass is 260 g/mol. The van der Waals surface area contributed by atoms with E-state index < -0.39 is 6.04 Å². The van der Waals surface area contributed by atoms with Crippen molar-refractivity contribution in [2.24, 2.45) is 0 Å². The standard InChI is InChI=1S/C15H20N2O2/c1-3-9-16-15(19)13-10-11-7-5-6-8-12(11)17(13)14(18)4-2/h5-8,13H,3-4,9-10H2,1-2H3,(H,16,19)/t13-/m1/s1. The zero-order chi connectivity index (χ0) is 13.8. The molecule has 1 heterocycles. The molecule has 0 aliphatic carbocycles. The number of hydrogen-bond acceptors (Lipinski definition) is 2.